The number of hydrogen-bond donors (Lipinski definition) is 0. The number of rotatable bonds is 2. The van der Waals surface area contributed by atoms with Crippen molar-refractivity contribution in [3.63, 3.8) is 0 Å². The zero-order valence-corrected chi connectivity index (χ0v) is 16.7. The second-order valence-corrected chi connectivity index (χ2v) is 8.52. The van der Waals surface area contributed by atoms with Crippen LogP contribution in [0.15, 0.2) is 18.3 Å². The number of nitrogens with zero attached hydrogens (tertiary/aromatic N) is 3. The first kappa shape index (κ1) is 19.0. The SMILES string of the molecule is C[C@@H]1CN(C(=O)C2CCN(c3ccc(Cl)cn3)CC2)C[C@@]2(CCCOC2)O1. The minimum absolute atomic E-state index is 0.0581. The number of ether oxygens (including phenoxy) is 2. The van der Waals surface area contributed by atoms with Gasteiger partial charge in [0.1, 0.15) is 11.4 Å². The summed E-state index contributed by atoms with van der Waals surface area (Å²) in [5.74, 6) is 1.29. The van der Waals surface area contributed by atoms with Gasteiger partial charge in [-0.05, 0) is 44.7 Å². The van der Waals surface area contributed by atoms with Gasteiger partial charge in [0.2, 0.25) is 5.91 Å². The van der Waals surface area contributed by atoms with E-state index in [9.17, 15) is 4.79 Å². The molecule has 2 atom stereocenters. The summed E-state index contributed by atoms with van der Waals surface area (Å²) in [6.07, 6.45) is 5.43. The number of carbonyl (C=O) groups is 1. The lowest BCUT2D eigenvalue weighted by Crippen LogP contribution is -2.61. The summed E-state index contributed by atoms with van der Waals surface area (Å²) in [4.78, 5) is 21.9. The van der Waals surface area contributed by atoms with Crippen LogP contribution in [0.4, 0.5) is 5.82 Å². The van der Waals surface area contributed by atoms with Gasteiger partial charge in [-0.1, -0.05) is 11.6 Å². The molecule has 6 nitrogen and oxygen atoms in total. The maximum Gasteiger partial charge on any atom is 0.226 e. The number of anilines is 1. The van der Waals surface area contributed by atoms with Crippen LogP contribution in [0.3, 0.4) is 0 Å². The summed E-state index contributed by atoms with van der Waals surface area (Å²) >= 11 is 5.92. The quantitative estimate of drug-likeness (QED) is 0.773. The molecular formula is C20H28ClN3O3. The van der Waals surface area contributed by atoms with E-state index in [2.05, 4.69) is 16.8 Å². The average molecular weight is 394 g/mol. The average Bonchev–Trinajstić information content (AvgIpc) is 2.68. The molecule has 3 aliphatic rings. The normalized spacial score (nSPS) is 29.9. The van der Waals surface area contributed by atoms with E-state index in [1.54, 1.807) is 6.20 Å². The summed E-state index contributed by atoms with van der Waals surface area (Å²) in [6.45, 7) is 6.49. The molecule has 0 aromatic carbocycles. The lowest BCUT2D eigenvalue weighted by Gasteiger charge is -2.48. The third-order valence-corrected chi connectivity index (χ3v) is 6.11. The maximum atomic E-state index is 13.2. The first-order valence-electron chi connectivity index (χ1n) is 9.96. The van der Waals surface area contributed by atoms with Crippen molar-refractivity contribution >= 4 is 23.3 Å². The van der Waals surface area contributed by atoms with Gasteiger partial charge in [0.25, 0.3) is 0 Å². The minimum atomic E-state index is -0.306. The number of hydrogen-bond acceptors (Lipinski definition) is 5. The highest BCUT2D eigenvalue weighted by Crippen LogP contribution is 2.32. The van der Waals surface area contributed by atoms with Crippen molar-refractivity contribution in [2.45, 2.75) is 44.3 Å². The third-order valence-electron chi connectivity index (χ3n) is 5.89. The van der Waals surface area contributed by atoms with Crippen LogP contribution in [-0.4, -0.2) is 66.9 Å². The summed E-state index contributed by atoms with van der Waals surface area (Å²) in [7, 11) is 0. The summed E-state index contributed by atoms with van der Waals surface area (Å²) in [5.41, 5.74) is -0.306. The molecule has 3 aliphatic heterocycles. The van der Waals surface area contributed by atoms with Crippen LogP contribution >= 0.6 is 11.6 Å². The Hall–Kier alpha value is -1.37. The molecule has 3 saturated heterocycles. The molecule has 0 N–H and O–H groups in total. The van der Waals surface area contributed by atoms with Gasteiger partial charge in [-0.3, -0.25) is 4.79 Å². The molecule has 4 heterocycles. The highest BCUT2D eigenvalue weighted by Gasteiger charge is 2.43. The predicted octanol–water partition coefficient (Wildman–Crippen LogP) is 2.75. The fourth-order valence-corrected chi connectivity index (χ4v) is 4.72. The number of carbonyl (C=O) groups excluding carboxylic acids is 1. The van der Waals surface area contributed by atoms with Crippen molar-refractivity contribution in [1.29, 1.82) is 0 Å². The standard InChI is InChI=1S/C20H28ClN3O3/c1-15-12-24(13-20(27-15)7-2-10-26-14-20)19(25)16-5-8-23(9-6-16)18-4-3-17(21)11-22-18/h3-4,11,15-16H,2,5-10,12-14H2,1H3/t15-,20-/m1/s1. The summed E-state index contributed by atoms with van der Waals surface area (Å²) < 4.78 is 11.9. The van der Waals surface area contributed by atoms with Crippen LogP contribution < -0.4 is 4.90 Å². The number of amides is 1. The summed E-state index contributed by atoms with van der Waals surface area (Å²) in [6, 6.07) is 3.81. The topological polar surface area (TPSA) is 54.9 Å². The third kappa shape index (κ3) is 4.23. The molecule has 0 saturated carbocycles. The molecule has 1 aromatic heterocycles. The van der Waals surface area contributed by atoms with Gasteiger partial charge in [-0.25, -0.2) is 4.98 Å². The Morgan fingerprint density at radius 2 is 2.15 bits per heavy atom. The highest BCUT2D eigenvalue weighted by atomic mass is 35.5. The molecule has 148 valence electrons. The lowest BCUT2D eigenvalue weighted by molar-refractivity contribution is -0.200. The molecule has 3 fully saturated rings. The van der Waals surface area contributed by atoms with E-state index in [1.165, 1.54) is 0 Å². The molecular weight excluding hydrogens is 366 g/mol. The second kappa shape index (κ2) is 7.94. The van der Waals surface area contributed by atoms with Gasteiger partial charge in [0.15, 0.2) is 0 Å². The molecule has 1 spiro atoms. The predicted molar refractivity (Wildman–Crippen MR) is 104 cm³/mol. The Labute approximate surface area is 165 Å². The van der Waals surface area contributed by atoms with E-state index in [4.69, 9.17) is 21.1 Å². The molecule has 1 aromatic rings. The van der Waals surface area contributed by atoms with Crippen molar-refractivity contribution in [1.82, 2.24) is 9.88 Å². The molecule has 4 rings (SSSR count). The van der Waals surface area contributed by atoms with Gasteiger partial charge in [0.05, 0.1) is 24.3 Å². The highest BCUT2D eigenvalue weighted by molar-refractivity contribution is 6.30. The van der Waals surface area contributed by atoms with Crippen molar-refractivity contribution in [3.8, 4) is 0 Å². The molecule has 7 heteroatoms. The Kier molecular flexibility index (Phi) is 5.58. The van der Waals surface area contributed by atoms with Crippen LogP contribution in [-0.2, 0) is 14.3 Å². The molecule has 0 radical (unpaired) electrons. The largest absolute Gasteiger partial charge is 0.378 e. The van der Waals surface area contributed by atoms with Crippen molar-refractivity contribution in [3.05, 3.63) is 23.4 Å². The Morgan fingerprint density at radius 1 is 1.33 bits per heavy atom. The van der Waals surface area contributed by atoms with Crippen LogP contribution in [0.1, 0.15) is 32.6 Å². The number of morpholine rings is 1. The molecule has 27 heavy (non-hydrogen) atoms. The van der Waals surface area contributed by atoms with Crippen LogP contribution in [0, 0.1) is 5.92 Å². The molecule has 0 unspecified atom stereocenters. The van der Waals surface area contributed by atoms with E-state index in [1.807, 2.05) is 17.0 Å². The van der Waals surface area contributed by atoms with Gasteiger partial charge in [-0.15, -0.1) is 0 Å². The van der Waals surface area contributed by atoms with Crippen LogP contribution in [0.25, 0.3) is 0 Å². The van der Waals surface area contributed by atoms with Crippen molar-refractivity contribution in [2.75, 3.05) is 44.3 Å². The number of piperidine rings is 1. The van der Waals surface area contributed by atoms with E-state index in [0.717, 1.165) is 51.2 Å². The van der Waals surface area contributed by atoms with E-state index < -0.39 is 0 Å². The zero-order chi connectivity index (χ0) is 18.9. The van der Waals surface area contributed by atoms with Crippen molar-refractivity contribution < 1.29 is 14.3 Å². The Morgan fingerprint density at radius 3 is 2.81 bits per heavy atom. The second-order valence-electron chi connectivity index (χ2n) is 8.08. The van der Waals surface area contributed by atoms with E-state index in [-0.39, 0.29) is 23.5 Å². The molecule has 1 amide bonds. The van der Waals surface area contributed by atoms with E-state index in [0.29, 0.717) is 24.7 Å². The monoisotopic (exact) mass is 393 g/mol. The fourth-order valence-electron chi connectivity index (χ4n) is 4.61. The molecule has 0 aliphatic carbocycles. The van der Waals surface area contributed by atoms with Crippen LogP contribution in [0.2, 0.25) is 5.02 Å². The number of aromatic nitrogens is 1. The summed E-state index contributed by atoms with van der Waals surface area (Å²) in [5, 5.41) is 0.644. The zero-order valence-electron chi connectivity index (χ0n) is 15.9. The first-order valence-corrected chi connectivity index (χ1v) is 10.3. The van der Waals surface area contributed by atoms with E-state index >= 15 is 0 Å². The lowest BCUT2D eigenvalue weighted by atomic mass is 9.90. The number of pyridine rings is 1. The van der Waals surface area contributed by atoms with Crippen LogP contribution in [0.5, 0.6) is 0 Å². The Bertz CT molecular complexity index is 655. The first-order chi connectivity index (χ1) is 13.0. The fraction of sp³-hybridized carbons (Fsp3) is 0.700. The molecule has 0 bridgehead atoms. The van der Waals surface area contributed by atoms with Gasteiger partial charge in [0, 0.05) is 38.4 Å². The number of halogens is 1. The Balaban J connectivity index is 1.36. The maximum absolute atomic E-state index is 13.2. The minimum Gasteiger partial charge on any atom is -0.378 e. The van der Waals surface area contributed by atoms with Crippen molar-refractivity contribution in [2.24, 2.45) is 5.92 Å². The van der Waals surface area contributed by atoms with Gasteiger partial charge in [-0.2, -0.15) is 0 Å². The van der Waals surface area contributed by atoms with Gasteiger partial charge < -0.3 is 19.3 Å². The van der Waals surface area contributed by atoms with Gasteiger partial charge >= 0.3 is 0 Å². The smallest absolute Gasteiger partial charge is 0.226 e.